The van der Waals surface area contributed by atoms with Crippen molar-refractivity contribution < 1.29 is 14.7 Å². The Labute approximate surface area is 112 Å². The molecule has 1 saturated carbocycles. The van der Waals surface area contributed by atoms with Gasteiger partial charge in [0.1, 0.15) is 0 Å². The topological polar surface area (TPSA) is 83.6 Å². The van der Waals surface area contributed by atoms with Crippen molar-refractivity contribution in [2.45, 2.75) is 31.7 Å². The predicted molar refractivity (Wildman–Crippen MR) is 71.9 cm³/mol. The number of amides is 1. The van der Waals surface area contributed by atoms with Crippen molar-refractivity contribution in [2.24, 2.45) is 5.73 Å². The monoisotopic (exact) mass is 262 g/mol. The van der Waals surface area contributed by atoms with Gasteiger partial charge in [-0.1, -0.05) is 18.2 Å². The number of nitrogens with two attached hydrogens (primary N) is 1. The third kappa shape index (κ3) is 2.93. The van der Waals surface area contributed by atoms with E-state index in [1.165, 1.54) is 4.90 Å². The Bertz CT molecular complexity index is 509. The average Bonchev–Trinajstić information content (AvgIpc) is 3.10. The van der Waals surface area contributed by atoms with Gasteiger partial charge in [0.05, 0.1) is 12.0 Å². The number of hydrogen-bond acceptors (Lipinski definition) is 3. The molecule has 2 rings (SSSR count). The van der Waals surface area contributed by atoms with Gasteiger partial charge in [-0.2, -0.15) is 0 Å². The third-order valence-electron chi connectivity index (χ3n) is 3.42. The van der Waals surface area contributed by atoms with Gasteiger partial charge in [0.15, 0.2) is 0 Å². The standard InChI is InChI=1S/C14H18N2O3/c1-10-4-2-3-5-11(10)16(9-6-12(17)18)13(19)14(15)7-8-14/h2-5H,6-9,15H2,1H3,(H,17,18). The van der Waals surface area contributed by atoms with Gasteiger partial charge in [0.25, 0.3) is 0 Å². The lowest BCUT2D eigenvalue weighted by molar-refractivity contribution is -0.136. The van der Waals surface area contributed by atoms with Crippen LogP contribution >= 0.6 is 0 Å². The van der Waals surface area contributed by atoms with E-state index >= 15 is 0 Å². The highest BCUT2D eigenvalue weighted by Crippen LogP contribution is 2.36. The molecule has 0 spiro atoms. The largest absolute Gasteiger partial charge is 0.481 e. The zero-order chi connectivity index (χ0) is 14.0. The molecule has 5 heteroatoms. The van der Waals surface area contributed by atoms with Gasteiger partial charge >= 0.3 is 5.97 Å². The van der Waals surface area contributed by atoms with E-state index in [4.69, 9.17) is 10.8 Å². The van der Waals surface area contributed by atoms with Crippen LogP contribution in [0.25, 0.3) is 0 Å². The molecule has 1 aromatic rings. The van der Waals surface area contributed by atoms with Gasteiger partial charge in [-0.3, -0.25) is 9.59 Å². The molecule has 0 bridgehead atoms. The quantitative estimate of drug-likeness (QED) is 0.837. The number of carbonyl (C=O) groups excluding carboxylic acids is 1. The molecule has 0 saturated heterocycles. The van der Waals surface area contributed by atoms with Gasteiger partial charge in [-0.15, -0.1) is 0 Å². The maximum absolute atomic E-state index is 12.4. The SMILES string of the molecule is Cc1ccccc1N(CCC(=O)O)C(=O)C1(N)CC1. The van der Waals surface area contributed by atoms with Crippen LogP contribution in [0, 0.1) is 6.92 Å². The summed E-state index contributed by atoms with van der Waals surface area (Å²) in [5.41, 5.74) is 6.83. The molecule has 5 nitrogen and oxygen atoms in total. The Balaban J connectivity index is 2.26. The molecular weight excluding hydrogens is 244 g/mol. The maximum Gasteiger partial charge on any atom is 0.305 e. The fraction of sp³-hybridized carbons (Fsp3) is 0.429. The zero-order valence-corrected chi connectivity index (χ0v) is 10.9. The molecule has 1 aliphatic rings. The minimum absolute atomic E-state index is 0.0871. The Morgan fingerprint density at radius 1 is 1.37 bits per heavy atom. The van der Waals surface area contributed by atoms with E-state index in [0.717, 1.165) is 11.3 Å². The van der Waals surface area contributed by atoms with Crippen molar-refractivity contribution in [3.8, 4) is 0 Å². The number of aliphatic carboxylic acids is 1. The molecule has 0 atom stereocenters. The summed E-state index contributed by atoms with van der Waals surface area (Å²) < 4.78 is 0. The predicted octanol–water partition coefficient (Wildman–Crippen LogP) is 1.29. The second-order valence-corrected chi connectivity index (χ2v) is 5.04. The Morgan fingerprint density at radius 2 is 2.00 bits per heavy atom. The van der Waals surface area contributed by atoms with Crippen molar-refractivity contribution in [2.75, 3.05) is 11.4 Å². The van der Waals surface area contributed by atoms with E-state index in [1.54, 1.807) is 0 Å². The first kappa shape index (κ1) is 13.5. The van der Waals surface area contributed by atoms with Gasteiger partial charge in [0.2, 0.25) is 5.91 Å². The second kappa shape index (κ2) is 5.01. The lowest BCUT2D eigenvalue weighted by atomic mass is 10.1. The molecule has 0 heterocycles. The first-order valence-electron chi connectivity index (χ1n) is 6.32. The molecule has 1 fully saturated rings. The number of rotatable bonds is 5. The Hall–Kier alpha value is -1.88. The van der Waals surface area contributed by atoms with Crippen molar-refractivity contribution in [1.82, 2.24) is 0 Å². The summed E-state index contributed by atoms with van der Waals surface area (Å²) in [5, 5.41) is 8.81. The summed E-state index contributed by atoms with van der Waals surface area (Å²) in [5.74, 6) is -1.10. The smallest absolute Gasteiger partial charge is 0.305 e. The molecule has 102 valence electrons. The second-order valence-electron chi connectivity index (χ2n) is 5.04. The number of benzene rings is 1. The van der Waals surface area contributed by atoms with Crippen LogP contribution in [0.2, 0.25) is 0 Å². The van der Waals surface area contributed by atoms with Crippen LogP contribution in [-0.2, 0) is 9.59 Å². The van der Waals surface area contributed by atoms with E-state index < -0.39 is 11.5 Å². The molecule has 1 amide bonds. The minimum Gasteiger partial charge on any atom is -0.481 e. The normalized spacial score (nSPS) is 15.9. The average molecular weight is 262 g/mol. The maximum atomic E-state index is 12.4. The summed E-state index contributed by atoms with van der Waals surface area (Å²) in [7, 11) is 0. The highest BCUT2D eigenvalue weighted by atomic mass is 16.4. The van der Waals surface area contributed by atoms with Crippen LogP contribution in [0.4, 0.5) is 5.69 Å². The van der Waals surface area contributed by atoms with Crippen LogP contribution in [0.5, 0.6) is 0 Å². The van der Waals surface area contributed by atoms with Gasteiger partial charge in [0, 0.05) is 12.2 Å². The number of hydrogen-bond donors (Lipinski definition) is 2. The van der Waals surface area contributed by atoms with E-state index in [-0.39, 0.29) is 18.9 Å². The molecule has 19 heavy (non-hydrogen) atoms. The Kier molecular flexibility index (Phi) is 3.57. The fourth-order valence-electron chi connectivity index (χ4n) is 2.02. The number of carbonyl (C=O) groups is 2. The summed E-state index contributed by atoms with van der Waals surface area (Å²) >= 11 is 0. The molecular formula is C14H18N2O3. The molecule has 3 N–H and O–H groups in total. The van der Waals surface area contributed by atoms with Gasteiger partial charge in [-0.25, -0.2) is 0 Å². The van der Waals surface area contributed by atoms with Crippen molar-refractivity contribution in [1.29, 1.82) is 0 Å². The minimum atomic E-state index is -0.923. The third-order valence-corrected chi connectivity index (χ3v) is 3.42. The molecule has 0 aliphatic heterocycles. The zero-order valence-electron chi connectivity index (χ0n) is 10.9. The number of carboxylic acid groups (broad SMARTS) is 1. The molecule has 0 unspecified atom stereocenters. The number of carboxylic acids is 1. The van der Waals surface area contributed by atoms with E-state index in [9.17, 15) is 9.59 Å². The lowest BCUT2D eigenvalue weighted by Gasteiger charge is -2.26. The number of aryl methyl sites for hydroxylation is 1. The highest BCUT2D eigenvalue weighted by Gasteiger charge is 2.48. The van der Waals surface area contributed by atoms with E-state index in [0.29, 0.717) is 12.8 Å². The van der Waals surface area contributed by atoms with Crippen LogP contribution in [-0.4, -0.2) is 29.1 Å². The van der Waals surface area contributed by atoms with Crippen LogP contribution in [0.3, 0.4) is 0 Å². The number of nitrogens with zero attached hydrogens (tertiary/aromatic N) is 1. The summed E-state index contributed by atoms with van der Waals surface area (Å²) in [6.45, 7) is 2.05. The van der Waals surface area contributed by atoms with E-state index in [2.05, 4.69) is 0 Å². The van der Waals surface area contributed by atoms with Gasteiger partial charge < -0.3 is 15.7 Å². The molecule has 0 aromatic heterocycles. The summed E-state index contributed by atoms with van der Waals surface area (Å²) in [6, 6.07) is 7.43. The van der Waals surface area contributed by atoms with E-state index in [1.807, 2.05) is 31.2 Å². The van der Waals surface area contributed by atoms with Crippen LogP contribution in [0.15, 0.2) is 24.3 Å². The summed E-state index contributed by atoms with van der Waals surface area (Å²) in [4.78, 5) is 24.6. The molecule has 1 aromatic carbocycles. The molecule has 0 radical (unpaired) electrons. The van der Waals surface area contributed by atoms with Crippen LogP contribution < -0.4 is 10.6 Å². The van der Waals surface area contributed by atoms with Crippen molar-refractivity contribution in [3.63, 3.8) is 0 Å². The van der Waals surface area contributed by atoms with Crippen molar-refractivity contribution in [3.05, 3.63) is 29.8 Å². The first-order chi connectivity index (χ1) is 8.94. The van der Waals surface area contributed by atoms with Crippen LogP contribution in [0.1, 0.15) is 24.8 Å². The lowest BCUT2D eigenvalue weighted by Crippen LogP contribution is -2.47. The number of anilines is 1. The Morgan fingerprint density at radius 3 is 2.53 bits per heavy atom. The number of para-hydroxylation sites is 1. The highest BCUT2D eigenvalue weighted by molar-refractivity contribution is 6.02. The van der Waals surface area contributed by atoms with Crippen molar-refractivity contribution >= 4 is 17.6 Å². The summed E-state index contributed by atoms with van der Waals surface area (Å²) in [6.07, 6.45) is 1.25. The molecule has 1 aliphatic carbocycles. The fourth-order valence-corrected chi connectivity index (χ4v) is 2.02. The first-order valence-corrected chi connectivity index (χ1v) is 6.32. The van der Waals surface area contributed by atoms with Gasteiger partial charge in [-0.05, 0) is 31.4 Å².